The van der Waals surface area contributed by atoms with E-state index in [9.17, 15) is 9.59 Å². The Morgan fingerprint density at radius 3 is 2.50 bits per heavy atom. The van der Waals surface area contributed by atoms with Gasteiger partial charge in [-0.1, -0.05) is 60.2 Å². The molecule has 0 aliphatic heterocycles. The minimum Gasteiger partial charge on any atom is -0.467 e. The van der Waals surface area contributed by atoms with Gasteiger partial charge in [-0.05, 0) is 17.7 Å². The molecule has 0 aliphatic carbocycles. The molecule has 1 amide bonds. The molecule has 0 unspecified atom stereocenters. The third kappa shape index (κ3) is 5.00. The first-order valence-electron chi connectivity index (χ1n) is 8.81. The zero-order chi connectivity index (χ0) is 19.9. The first-order chi connectivity index (χ1) is 13.5. The Labute approximate surface area is 162 Å². The van der Waals surface area contributed by atoms with Crippen molar-refractivity contribution in [1.29, 1.82) is 0 Å². The molecule has 144 valence electrons. The van der Waals surface area contributed by atoms with Gasteiger partial charge in [0.1, 0.15) is 12.6 Å². The number of hydrogen-bond donors (Lipinski definition) is 1. The fourth-order valence-electron chi connectivity index (χ4n) is 2.68. The second-order valence-corrected chi connectivity index (χ2v) is 6.34. The fraction of sp³-hybridized carbons (Fsp3) is 0.250. The lowest BCUT2D eigenvalue weighted by Crippen LogP contribution is -2.44. The van der Waals surface area contributed by atoms with Crippen molar-refractivity contribution in [2.75, 3.05) is 7.11 Å². The second kappa shape index (κ2) is 8.90. The number of carbonyl (C=O) groups is 2. The van der Waals surface area contributed by atoms with Gasteiger partial charge >= 0.3 is 5.97 Å². The van der Waals surface area contributed by atoms with Crippen LogP contribution in [0.15, 0.2) is 54.6 Å². The summed E-state index contributed by atoms with van der Waals surface area (Å²) in [5.74, 6) is -0.482. The second-order valence-electron chi connectivity index (χ2n) is 6.34. The average Bonchev–Trinajstić information content (AvgIpc) is 3.16. The molecule has 1 aromatic heterocycles. The summed E-state index contributed by atoms with van der Waals surface area (Å²) in [4.78, 5) is 25.6. The lowest BCUT2D eigenvalue weighted by Gasteiger charge is -2.16. The molecule has 0 saturated heterocycles. The number of nitrogens with zero attached hydrogens (tertiary/aromatic N) is 4. The van der Waals surface area contributed by atoms with Crippen LogP contribution in [0.3, 0.4) is 0 Å². The van der Waals surface area contributed by atoms with E-state index in [4.69, 9.17) is 4.74 Å². The molecule has 0 saturated carbocycles. The van der Waals surface area contributed by atoms with Gasteiger partial charge in [0.15, 0.2) is 0 Å². The number of nitrogens with one attached hydrogen (secondary N) is 1. The van der Waals surface area contributed by atoms with Crippen LogP contribution in [-0.4, -0.2) is 45.2 Å². The van der Waals surface area contributed by atoms with E-state index < -0.39 is 17.9 Å². The number of rotatable bonds is 7. The summed E-state index contributed by atoms with van der Waals surface area (Å²) in [6, 6.07) is 16.3. The predicted octanol–water partition coefficient (Wildman–Crippen LogP) is 1.55. The van der Waals surface area contributed by atoms with Crippen molar-refractivity contribution in [3.8, 4) is 11.4 Å². The molecular weight excluding hydrogens is 358 g/mol. The molecule has 8 nitrogen and oxygen atoms in total. The minimum absolute atomic E-state index is 0.152. The largest absolute Gasteiger partial charge is 0.467 e. The third-order valence-electron chi connectivity index (χ3n) is 4.15. The zero-order valence-corrected chi connectivity index (χ0v) is 15.7. The third-order valence-corrected chi connectivity index (χ3v) is 4.15. The number of tetrazole rings is 1. The summed E-state index contributed by atoms with van der Waals surface area (Å²) < 4.78 is 4.80. The highest BCUT2D eigenvalue weighted by Gasteiger charge is 2.22. The van der Waals surface area contributed by atoms with Crippen molar-refractivity contribution in [2.24, 2.45) is 0 Å². The summed E-state index contributed by atoms with van der Waals surface area (Å²) in [6.07, 6.45) is 0.332. The Morgan fingerprint density at radius 1 is 1.11 bits per heavy atom. The van der Waals surface area contributed by atoms with E-state index in [1.54, 1.807) is 0 Å². The molecule has 0 aliphatic rings. The maximum absolute atomic E-state index is 12.4. The summed E-state index contributed by atoms with van der Waals surface area (Å²) in [5, 5.41) is 14.8. The van der Waals surface area contributed by atoms with E-state index in [2.05, 4.69) is 20.7 Å². The molecular formula is C20H21N5O3. The highest BCUT2D eigenvalue weighted by atomic mass is 16.5. The van der Waals surface area contributed by atoms with Crippen LogP contribution in [0.25, 0.3) is 11.4 Å². The number of esters is 1. The van der Waals surface area contributed by atoms with Crippen LogP contribution in [0.5, 0.6) is 0 Å². The molecule has 0 spiro atoms. The van der Waals surface area contributed by atoms with E-state index in [0.29, 0.717) is 12.2 Å². The van der Waals surface area contributed by atoms with Crippen molar-refractivity contribution in [1.82, 2.24) is 25.5 Å². The van der Waals surface area contributed by atoms with E-state index in [1.807, 2.05) is 61.5 Å². The van der Waals surface area contributed by atoms with Crippen molar-refractivity contribution >= 4 is 11.9 Å². The maximum Gasteiger partial charge on any atom is 0.328 e. The van der Waals surface area contributed by atoms with Crippen molar-refractivity contribution in [2.45, 2.75) is 25.9 Å². The molecule has 0 radical (unpaired) electrons. The molecule has 1 atom stereocenters. The van der Waals surface area contributed by atoms with E-state index in [0.717, 1.165) is 16.7 Å². The van der Waals surface area contributed by atoms with Gasteiger partial charge in [-0.3, -0.25) is 4.79 Å². The maximum atomic E-state index is 12.4. The molecule has 1 N–H and O–H groups in total. The summed E-state index contributed by atoms with van der Waals surface area (Å²) >= 11 is 0. The number of hydrogen-bond acceptors (Lipinski definition) is 6. The smallest absolute Gasteiger partial charge is 0.328 e. The number of carbonyl (C=O) groups excluding carboxylic acids is 2. The number of aryl methyl sites for hydroxylation is 1. The van der Waals surface area contributed by atoms with Crippen molar-refractivity contribution in [3.63, 3.8) is 0 Å². The van der Waals surface area contributed by atoms with Crippen LogP contribution in [0.2, 0.25) is 0 Å². The average molecular weight is 379 g/mol. The van der Waals surface area contributed by atoms with Gasteiger partial charge in [-0.25, -0.2) is 4.79 Å². The lowest BCUT2D eigenvalue weighted by molar-refractivity contribution is -0.145. The summed E-state index contributed by atoms with van der Waals surface area (Å²) in [6.45, 7) is 1.84. The molecule has 8 heteroatoms. The van der Waals surface area contributed by atoms with Crippen LogP contribution in [0.1, 0.15) is 11.1 Å². The van der Waals surface area contributed by atoms with Crippen molar-refractivity contribution in [3.05, 3.63) is 65.7 Å². The zero-order valence-electron chi connectivity index (χ0n) is 15.7. The SMILES string of the molecule is COC(=O)[C@@H](Cc1ccccc1)NC(=O)Cn1nnc(-c2ccc(C)cc2)n1. The van der Waals surface area contributed by atoms with E-state index >= 15 is 0 Å². The Morgan fingerprint density at radius 2 is 1.82 bits per heavy atom. The van der Waals surface area contributed by atoms with Gasteiger partial charge in [-0.15, -0.1) is 10.2 Å². The number of aromatic nitrogens is 4. The first kappa shape index (κ1) is 19.2. The van der Waals surface area contributed by atoms with Gasteiger partial charge in [0.2, 0.25) is 11.7 Å². The van der Waals surface area contributed by atoms with Crippen LogP contribution in [0.4, 0.5) is 0 Å². The van der Waals surface area contributed by atoms with Crippen LogP contribution in [-0.2, 0) is 27.3 Å². The molecule has 1 heterocycles. The van der Waals surface area contributed by atoms with Gasteiger partial charge < -0.3 is 10.1 Å². The number of amides is 1. The monoisotopic (exact) mass is 379 g/mol. The highest BCUT2D eigenvalue weighted by Crippen LogP contribution is 2.13. The lowest BCUT2D eigenvalue weighted by atomic mass is 10.1. The van der Waals surface area contributed by atoms with Crippen LogP contribution < -0.4 is 5.32 Å². The highest BCUT2D eigenvalue weighted by molar-refractivity contribution is 5.84. The molecule has 2 aromatic carbocycles. The van der Waals surface area contributed by atoms with Crippen molar-refractivity contribution < 1.29 is 14.3 Å². The number of methoxy groups -OCH3 is 1. The summed E-state index contributed by atoms with van der Waals surface area (Å²) in [5.41, 5.74) is 2.86. The standard InChI is InChI=1S/C20H21N5O3/c1-14-8-10-16(11-9-14)19-22-24-25(23-19)13-18(26)21-17(20(27)28-2)12-15-6-4-3-5-7-15/h3-11,17H,12-13H2,1-2H3,(H,21,26)/t17-/m1/s1. The quantitative estimate of drug-likeness (QED) is 0.626. The van der Waals surface area contributed by atoms with Gasteiger partial charge in [-0.2, -0.15) is 4.80 Å². The van der Waals surface area contributed by atoms with E-state index in [-0.39, 0.29) is 6.54 Å². The van der Waals surface area contributed by atoms with Crippen LogP contribution >= 0.6 is 0 Å². The van der Waals surface area contributed by atoms with E-state index in [1.165, 1.54) is 11.9 Å². The number of benzene rings is 2. The molecule has 28 heavy (non-hydrogen) atoms. The number of ether oxygens (including phenoxy) is 1. The molecule has 3 rings (SSSR count). The summed E-state index contributed by atoms with van der Waals surface area (Å²) in [7, 11) is 1.29. The Kier molecular flexibility index (Phi) is 6.11. The Bertz CT molecular complexity index is 938. The minimum atomic E-state index is -0.792. The van der Waals surface area contributed by atoms with Gasteiger partial charge in [0, 0.05) is 12.0 Å². The first-order valence-corrected chi connectivity index (χ1v) is 8.81. The van der Waals surface area contributed by atoms with Crippen LogP contribution in [0, 0.1) is 6.92 Å². The fourth-order valence-corrected chi connectivity index (χ4v) is 2.68. The Hall–Kier alpha value is -3.55. The van der Waals surface area contributed by atoms with Gasteiger partial charge in [0.05, 0.1) is 7.11 Å². The van der Waals surface area contributed by atoms with Gasteiger partial charge in [0.25, 0.3) is 0 Å². The topological polar surface area (TPSA) is 99.0 Å². The normalized spacial score (nSPS) is 11.6. The predicted molar refractivity (Wildman–Crippen MR) is 102 cm³/mol. The molecule has 0 bridgehead atoms. The Balaban J connectivity index is 1.64. The molecule has 0 fully saturated rings. The molecule has 3 aromatic rings.